The smallest absolute Gasteiger partial charge is 0.341 e. The van der Waals surface area contributed by atoms with Gasteiger partial charge in [0.05, 0.1) is 12.6 Å². The molecule has 0 aliphatic carbocycles. The van der Waals surface area contributed by atoms with E-state index in [2.05, 4.69) is 4.57 Å². The summed E-state index contributed by atoms with van der Waals surface area (Å²) in [7, 11) is 1.32. The lowest BCUT2D eigenvalue weighted by molar-refractivity contribution is 0.0597. The maximum absolute atomic E-state index is 12.2. The molecule has 0 aliphatic heterocycles. The molecule has 0 bridgehead atoms. The van der Waals surface area contributed by atoms with E-state index < -0.39 is 5.97 Å². The molecule has 0 aliphatic rings. The lowest BCUT2D eigenvalue weighted by atomic mass is 10.0. The minimum Gasteiger partial charge on any atom is -0.505 e. The molecule has 4 heteroatoms. The summed E-state index contributed by atoms with van der Waals surface area (Å²) in [6.07, 6.45) is 0. The van der Waals surface area contributed by atoms with Gasteiger partial charge in [0.25, 0.3) is 0 Å². The zero-order valence-electron chi connectivity index (χ0n) is 14.7. The van der Waals surface area contributed by atoms with Gasteiger partial charge >= 0.3 is 5.97 Å². The third kappa shape index (κ3) is 2.42. The van der Waals surface area contributed by atoms with E-state index in [0.717, 1.165) is 21.9 Å². The number of aromatic nitrogens is 1. The van der Waals surface area contributed by atoms with Crippen molar-refractivity contribution < 1.29 is 14.6 Å². The number of carbonyl (C=O) groups is 1. The summed E-state index contributed by atoms with van der Waals surface area (Å²) in [6, 6.07) is 20.0. The number of phenols is 1. The topological polar surface area (TPSA) is 51.5 Å². The number of fused-ring (bicyclic) bond motifs is 3. The van der Waals surface area contributed by atoms with Crippen LogP contribution in [-0.2, 0) is 11.3 Å². The quantitative estimate of drug-likeness (QED) is 0.550. The van der Waals surface area contributed by atoms with E-state index in [1.54, 1.807) is 0 Å². The van der Waals surface area contributed by atoms with Crippen molar-refractivity contribution >= 4 is 27.8 Å². The number of hydrogen-bond donors (Lipinski definition) is 1. The van der Waals surface area contributed by atoms with Crippen LogP contribution in [0.25, 0.3) is 21.8 Å². The predicted molar refractivity (Wildman–Crippen MR) is 103 cm³/mol. The van der Waals surface area contributed by atoms with Crippen LogP contribution >= 0.6 is 0 Å². The van der Waals surface area contributed by atoms with Crippen LogP contribution in [0.1, 0.15) is 21.5 Å². The Morgan fingerprint density at radius 2 is 1.73 bits per heavy atom. The molecule has 4 rings (SSSR count). The van der Waals surface area contributed by atoms with E-state index in [1.165, 1.54) is 7.11 Å². The first-order chi connectivity index (χ1) is 12.6. The molecule has 1 heterocycles. The van der Waals surface area contributed by atoms with Crippen molar-refractivity contribution in [2.24, 2.45) is 0 Å². The predicted octanol–water partition coefficient (Wildman–Crippen LogP) is 4.64. The number of aromatic hydroxyl groups is 1. The molecule has 1 N–H and O–H groups in total. The fourth-order valence-corrected chi connectivity index (χ4v) is 3.62. The summed E-state index contributed by atoms with van der Waals surface area (Å²) in [5, 5.41) is 12.9. The van der Waals surface area contributed by atoms with Gasteiger partial charge in [-0.25, -0.2) is 4.79 Å². The van der Waals surface area contributed by atoms with Crippen LogP contribution < -0.4 is 0 Å². The largest absolute Gasteiger partial charge is 0.505 e. The number of benzene rings is 3. The Morgan fingerprint density at radius 3 is 2.46 bits per heavy atom. The molecule has 26 heavy (non-hydrogen) atoms. The molecule has 0 radical (unpaired) electrons. The maximum Gasteiger partial charge on any atom is 0.341 e. The molecular weight excluding hydrogens is 326 g/mol. The third-order valence-corrected chi connectivity index (χ3v) is 4.80. The first-order valence-electron chi connectivity index (χ1n) is 8.47. The van der Waals surface area contributed by atoms with Crippen LogP contribution in [0.4, 0.5) is 0 Å². The number of hydrogen-bond acceptors (Lipinski definition) is 3. The van der Waals surface area contributed by atoms with Crippen molar-refractivity contribution in [2.75, 3.05) is 7.11 Å². The van der Waals surface area contributed by atoms with Gasteiger partial charge in [-0.15, -0.1) is 0 Å². The zero-order chi connectivity index (χ0) is 18.3. The second-order valence-corrected chi connectivity index (χ2v) is 6.39. The maximum atomic E-state index is 12.2. The van der Waals surface area contributed by atoms with Gasteiger partial charge in [0.2, 0.25) is 0 Å². The van der Waals surface area contributed by atoms with Crippen LogP contribution in [0.3, 0.4) is 0 Å². The number of carbonyl (C=O) groups excluding carboxylic acids is 1. The van der Waals surface area contributed by atoms with Crippen LogP contribution in [0, 0.1) is 6.92 Å². The van der Waals surface area contributed by atoms with Gasteiger partial charge in [-0.1, -0.05) is 48.5 Å². The monoisotopic (exact) mass is 345 g/mol. The lowest BCUT2D eigenvalue weighted by Crippen LogP contribution is -2.06. The number of rotatable bonds is 3. The molecule has 130 valence electrons. The summed E-state index contributed by atoms with van der Waals surface area (Å²) < 4.78 is 6.93. The second-order valence-electron chi connectivity index (χ2n) is 6.39. The van der Waals surface area contributed by atoms with Crippen molar-refractivity contribution in [1.29, 1.82) is 0 Å². The number of esters is 1. The highest BCUT2D eigenvalue weighted by Crippen LogP contribution is 2.39. The molecule has 4 aromatic rings. The summed E-state index contributed by atoms with van der Waals surface area (Å²) in [5.41, 5.74) is 3.71. The van der Waals surface area contributed by atoms with Crippen molar-refractivity contribution in [2.45, 2.75) is 13.5 Å². The van der Waals surface area contributed by atoms with Crippen molar-refractivity contribution in [3.63, 3.8) is 0 Å². The summed E-state index contributed by atoms with van der Waals surface area (Å²) in [5.74, 6) is -0.558. The van der Waals surface area contributed by atoms with E-state index >= 15 is 0 Å². The van der Waals surface area contributed by atoms with Crippen molar-refractivity contribution in [3.05, 3.63) is 77.4 Å². The Hall–Kier alpha value is -3.27. The zero-order valence-corrected chi connectivity index (χ0v) is 14.7. The normalized spacial score (nSPS) is 11.2. The van der Waals surface area contributed by atoms with Crippen molar-refractivity contribution in [1.82, 2.24) is 4.57 Å². The van der Waals surface area contributed by atoms with E-state index in [9.17, 15) is 9.90 Å². The molecule has 0 amide bonds. The number of ether oxygens (including phenoxy) is 1. The summed E-state index contributed by atoms with van der Waals surface area (Å²) in [4.78, 5) is 12.2. The Bertz CT molecular complexity index is 1130. The molecule has 0 saturated heterocycles. The van der Waals surface area contributed by atoms with Gasteiger partial charge in [0.1, 0.15) is 5.56 Å². The molecular formula is C22H19NO3. The molecule has 4 nitrogen and oxygen atoms in total. The Morgan fingerprint density at radius 1 is 1.04 bits per heavy atom. The number of para-hydroxylation sites is 1. The third-order valence-electron chi connectivity index (χ3n) is 4.80. The summed E-state index contributed by atoms with van der Waals surface area (Å²) >= 11 is 0. The minimum absolute atomic E-state index is 0.0287. The Kier molecular flexibility index (Phi) is 3.88. The van der Waals surface area contributed by atoms with E-state index in [4.69, 9.17) is 4.74 Å². The standard InChI is InChI=1S/C22H19NO3/c1-14-12-17-16-10-6-7-11-18(16)23(13-15-8-4-3-5-9-15)20(17)21(24)19(14)22(25)26-2/h3-12,24H,13H2,1-2H3. The minimum atomic E-state index is -0.529. The number of nitrogens with zero attached hydrogens (tertiary/aromatic N) is 1. The van der Waals surface area contributed by atoms with Gasteiger partial charge in [-0.3, -0.25) is 0 Å². The van der Waals surface area contributed by atoms with E-state index in [-0.39, 0.29) is 11.3 Å². The van der Waals surface area contributed by atoms with Crippen LogP contribution in [0.2, 0.25) is 0 Å². The molecule has 0 unspecified atom stereocenters. The van der Waals surface area contributed by atoms with E-state index in [1.807, 2.05) is 67.6 Å². The first kappa shape index (κ1) is 16.2. The van der Waals surface area contributed by atoms with Crippen LogP contribution in [-0.4, -0.2) is 22.8 Å². The van der Waals surface area contributed by atoms with E-state index in [0.29, 0.717) is 17.6 Å². The summed E-state index contributed by atoms with van der Waals surface area (Å²) in [6.45, 7) is 2.41. The molecule has 3 aromatic carbocycles. The Balaban J connectivity index is 2.08. The molecule has 0 saturated carbocycles. The highest BCUT2D eigenvalue weighted by molar-refractivity contribution is 6.13. The van der Waals surface area contributed by atoms with Gasteiger partial charge < -0.3 is 14.4 Å². The average Bonchev–Trinajstić information content (AvgIpc) is 2.96. The van der Waals surface area contributed by atoms with Gasteiger partial charge in [-0.2, -0.15) is 0 Å². The molecule has 1 aromatic heterocycles. The Labute approximate surface area is 151 Å². The highest BCUT2D eigenvalue weighted by Gasteiger charge is 2.22. The molecule has 0 fully saturated rings. The number of aryl methyl sites for hydroxylation is 1. The SMILES string of the molecule is COC(=O)c1c(C)cc2c3ccccc3n(Cc3ccccc3)c2c1O. The lowest BCUT2D eigenvalue weighted by Gasteiger charge is -2.12. The van der Waals surface area contributed by atoms with Crippen molar-refractivity contribution in [3.8, 4) is 5.75 Å². The number of methoxy groups -OCH3 is 1. The molecule has 0 atom stereocenters. The van der Waals surface area contributed by atoms with Gasteiger partial charge in [-0.05, 0) is 30.2 Å². The molecule has 0 spiro atoms. The average molecular weight is 345 g/mol. The second kappa shape index (κ2) is 6.23. The first-order valence-corrected chi connectivity index (χ1v) is 8.47. The fourth-order valence-electron chi connectivity index (χ4n) is 3.62. The van der Waals surface area contributed by atoms with Crippen LogP contribution in [0.5, 0.6) is 5.75 Å². The van der Waals surface area contributed by atoms with Crippen LogP contribution in [0.15, 0.2) is 60.7 Å². The fraction of sp³-hybridized carbons (Fsp3) is 0.136. The van der Waals surface area contributed by atoms with Gasteiger partial charge in [0, 0.05) is 22.8 Å². The number of phenolic OH excluding ortho intramolecular Hbond substituents is 1. The van der Waals surface area contributed by atoms with Gasteiger partial charge in [0.15, 0.2) is 5.75 Å². The highest BCUT2D eigenvalue weighted by atomic mass is 16.5.